The predicted molar refractivity (Wildman–Crippen MR) is 68.3 cm³/mol. The first-order chi connectivity index (χ1) is 9.23. The van der Waals surface area contributed by atoms with Gasteiger partial charge in [-0.05, 0) is 6.42 Å². The summed E-state index contributed by atoms with van der Waals surface area (Å²) in [6.07, 6.45) is 1.35. The van der Waals surface area contributed by atoms with Crippen LogP contribution in [0.1, 0.15) is 45.4 Å². The maximum absolute atomic E-state index is 10.0. The minimum Gasteiger partial charge on any atom is -0.481 e. The lowest BCUT2D eigenvalue weighted by Crippen LogP contribution is -2.39. The van der Waals surface area contributed by atoms with E-state index in [-0.39, 0.29) is 0 Å². The average molecular weight is 294 g/mol. The van der Waals surface area contributed by atoms with Gasteiger partial charge in [-0.15, -0.1) is 0 Å². The van der Waals surface area contributed by atoms with Gasteiger partial charge in [-0.1, -0.05) is 32.6 Å². The van der Waals surface area contributed by atoms with Gasteiger partial charge in [0, 0.05) is 6.42 Å². The van der Waals surface area contributed by atoms with Crippen molar-refractivity contribution in [3.8, 4) is 0 Å². The summed E-state index contributed by atoms with van der Waals surface area (Å²) in [5.41, 5.74) is 0. The average Bonchev–Trinajstić information content (AvgIpc) is 2.36. The standard InChI is InChI=1S/C8H16O2.C4H6O6/c1-2-3-4-5-6-7-8(9)10;5-1(3(7)8)2(6)4(9)10/h2-7H2,1H3,(H,9,10);1-2,5-6H,(H,7,8)(H,9,10). The molecule has 2 unspecified atom stereocenters. The molecule has 8 heteroatoms. The van der Waals surface area contributed by atoms with Crippen LogP contribution in [-0.2, 0) is 14.4 Å². The fraction of sp³-hybridized carbons (Fsp3) is 0.750. The zero-order valence-electron chi connectivity index (χ0n) is 11.4. The van der Waals surface area contributed by atoms with E-state index in [0.29, 0.717) is 6.42 Å². The minimum absolute atomic E-state index is 0.337. The molecule has 8 nitrogen and oxygen atoms in total. The highest BCUT2D eigenvalue weighted by molar-refractivity contribution is 5.83. The third kappa shape index (κ3) is 12.8. The molecule has 5 N–H and O–H groups in total. The van der Waals surface area contributed by atoms with E-state index in [1.54, 1.807) is 0 Å². The molecule has 2 atom stereocenters. The smallest absolute Gasteiger partial charge is 0.335 e. The Labute approximate surface area is 116 Å². The molecule has 0 amide bonds. The fourth-order valence-electron chi connectivity index (χ4n) is 1.15. The van der Waals surface area contributed by atoms with Gasteiger partial charge in [-0.3, -0.25) is 4.79 Å². The van der Waals surface area contributed by atoms with E-state index < -0.39 is 30.1 Å². The molecule has 0 spiro atoms. The first kappa shape index (κ1) is 20.6. The lowest BCUT2D eigenvalue weighted by molar-refractivity contribution is -0.165. The van der Waals surface area contributed by atoms with Crippen LogP contribution in [0.2, 0.25) is 0 Å². The van der Waals surface area contributed by atoms with Crippen molar-refractivity contribution < 1.29 is 39.9 Å². The summed E-state index contributed by atoms with van der Waals surface area (Å²) in [5, 5.41) is 40.8. The van der Waals surface area contributed by atoms with Crippen molar-refractivity contribution in [3.63, 3.8) is 0 Å². The van der Waals surface area contributed by atoms with Gasteiger partial charge >= 0.3 is 17.9 Å². The number of aliphatic hydroxyl groups excluding tert-OH is 2. The Morgan fingerprint density at radius 1 is 0.800 bits per heavy atom. The van der Waals surface area contributed by atoms with Gasteiger partial charge < -0.3 is 25.5 Å². The van der Waals surface area contributed by atoms with Crippen LogP contribution >= 0.6 is 0 Å². The number of carboxylic acids is 3. The van der Waals surface area contributed by atoms with Crippen LogP contribution in [0.3, 0.4) is 0 Å². The van der Waals surface area contributed by atoms with Crippen molar-refractivity contribution in [2.75, 3.05) is 0 Å². The molecule has 0 fully saturated rings. The maximum Gasteiger partial charge on any atom is 0.335 e. The van der Waals surface area contributed by atoms with E-state index >= 15 is 0 Å². The summed E-state index contributed by atoms with van der Waals surface area (Å²) < 4.78 is 0. The largest absolute Gasteiger partial charge is 0.481 e. The van der Waals surface area contributed by atoms with Crippen molar-refractivity contribution in [1.82, 2.24) is 0 Å². The molecule has 0 aliphatic heterocycles. The monoisotopic (exact) mass is 294 g/mol. The molecule has 0 rings (SSSR count). The van der Waals surface area contributed by atoms with Crippen molar-refractivity contribution in [1.29, 1.82) is 0 Å². The third-order valence-electron chi connectivity index (χ3n) is 2.30. The first-order valence-electron chi connectivity index (χ1n) is 6.27. The molecule has 0 aromatic carbocycles. The highest BCUT2D eigenvalue weighted by Gasteiger charge is 2.29. The Morgan fingerprint density at radius 3 is 1.50 bits per heavy atom. The van der Waals surface area contributed by atoms with Crippen molar-refractivity contribution in [2.24, 2.45) is 0 Å². The van der Waals surface area contributed by atoms with Crippen LogP contribution in [0.5, 0.6) is 0 Å². The van der Waals surface area contributed by atoms with Gasteiger partial charge in [0.2, 0.25) is 0 Å². The predicted octanol–water partition coefficient (Wildman–Crippen LogP) is 0.309. The van der Waals surface area contributed by atoms with Crippen molar-refractivity contribution in [2.45, 2.75) is 57.7 Å². The highest BCUT2D eigenvalue weighted by Crippen LogP contribution is 2.04. The van der Waals surface area contributed by atoms with Gasteiger partial charge in [-0.25, -0.2) is 9.59 Å². The molecule has 0 aliphatic carbocycles. The molecule has 0 aliphatic rings. The number of unbranched alkanes of at least 4 members (excludes halogenated alkanes) is 4. The Hall–Kier alpha value is -1.67. The Bertz CT molecular complexity index is 284. The molecule has 20 heavy (non-hydrogen) atoms. The molecule has 0 bridgehead atoms. The van der Waals surface area contributed by atoms with Crippen molar-refractivity contribution in [3.05, 3.63) is 0 Å². The number of rotatable bonds is 9. The number of aliphatic hydroxyl groups is 2. The number of carbonyl (C=O) groups is 3. The number of aliphatic carboxylic acids is 3. The summed E-state index contributed by atoms with van der Waals surface area (Å²) in [7, 11) is 0. The lowest BCUT2D eigenvalue weighted by atomic mass is 10.1. The quantitative estimate of drug-likeness (QED) is 0.381. The first-order valence-corrected chi connectivity index (χ1v) is 6.27. The molecule has 0 heterocycles. The van der Waals surface area contributed by atoms with E-state index in [4.69, 9.17) is 25.5 Å². The molecule has 118 valence electrons. The second kappa shape index (κ2) is 12.4. The van der Waals surface area contributed by atoms with Crippen LogP contribution in [0.25, 0.3) is 0 Å². The maximum atomic E-state index is 10.0. The van der Waals surface area contributed by atoms with Gasteiger partial charge in [0.1, 0.15) is 0 Å². The van der Waals surface area contributed by atoms with Crippen LogP contribution in [0.4, 0.5) is 0 Å². The Balaban J connectivity index is 0. The van der Waals surface area contributed by atoms with E-state index in [9.17, 15) is 14.4 Å². The Morgan fingerprint density at radius 2 is 1.20 bits per heavy atom. The van der Waals surface area contributed by atoms with Crippen LogP contribution in [0.15, 0.2) is 0 Å². The summed E-state index contributed by atoms with van der Waals surface area (Å²) >= 11 is 0. The van der Waals surface area contributed by atoms with E-state index in [0.717, 1.165) is 12.8 Å². The normalized spacial score (nSPS) is 12.8. The zero-order valence-corrected chi connectivity index (χ0v) is 11.4. The summed E-state index contributed by atoms with van der Waals surface area (Å²) in [4.78, 5) is 29.6. The van der Waals surface area contributed by atoms with Gasteiger partial charge in [0.25, 0.3) is 0 Å². The minimum atomic E-state index is -2.27. The van der Waals surface area contributed by atoms with E-state index in [1.807, 2.05) is 0 Å². The summed E-state index contributed by atoms with van der Waals surface area (Å²) in [6.45, 7) is 2.15. The summed E-state index contributed by atoms with van der Waals surface area (Å²) in [5.74, 6) is -4.21. The topological polar surface area (TPSA) is 152 Å². The fourth-order valence-corrected chi connectivity index (χ4v) is 1.15. The van der Waals surface area contributed by atoms with Gasteiger partial charge in [0.15, 0.2) is 12.2 Å². The zero-order chi connectivity index (χ0) is 16.1. The summed E-state index contributed by atoms with van der Waals surface area (Å²) in [6, 6.07) is 0. The van der Waals surface area contributed by atoms with E-state index in [2.05, 4.69) is 6.92 Å². The molecular formula is C12H22O8. The molecule has 0 saturated heterocycles. The Kier molecular flexibility index (Phi) is 12.8. The van der Waals surface area contributed by atoms with Gasteiger partial charge in [0.05, 0.1) is 0 Å². The second-order valence-electron chi connectivity index (χ2n) is 4.12. The lowest BCUT2D eigenvalue weighted by Gasteiger charge is -2.07. The second-order valence-corrected chi connectivity index (χ2v) is 4.12. The molecular weight excluding hydrogens is 272 g/mol. The third-order valence-corrected chi connectivity index (χ3v) is 2.30. The van der Waals surface area contributed by atoms with Crippen molar-refractivity contribution >= 4 is 17.9 Å². The molecule has 0 aromatic heterocycles. The van der Waals surface area contributed by atoms with Crippen LogP contribution in [0, 0.1) is 0 Å². The molecule has 0 aromatic rings. The molecule has 0 saturated carbocycles. The van der Waals surface area contributed by atoms with Crippen LogP contribution in [-0.4, -0.2) is 55.6 Å². The van der Waals surface area contributed by atoms with E-state index in [1.165, 1.54) is 19.3 Å². The van der Waals surface area contributed by atoms with Crippen LogP contribution < -0.4 is 0 Å². The highest BCUT2D eigenvalue weighted by atomic mass is 16.4. The van der Waals surface area contributed by atoms with Gasteiger partial charge in [-0.2, -0.15) is 0 Å². The molecule has 0 radical (unpaired) electrons. The SMILES string of the molecule is CCCCCCCC(=O)O.O=C(O)C(O)C(O)C(=O)O. The number of hydrogen-bond donors (Lipinski definition) is 5. The number of carboxylic acid groups (broad SMARTS) is 3. The number of hydrogen-bond acceptors (Lipinski definition) is 5.